The molecular weight excluding hydrogens is 683 g/mol. The van der Waals surface area contributed by atoms with Gasteiger partial charge in [-0.05, 0) is 60.8 Å². The van der Waals surface area contributed by atoms with Gasteiger partial charge in [0.25, 0.3) is 5.56 Å². The number of aromatic nitrogens is 2. The second-order valence-electron chi connectivity index (χ2n) is 12.8. The fraction of sp³-hybridized carbons (Fsp3) is 0.324. The summed E-state index contributed by atoms with van der Waals surface area (Å²) in [4.78, 5) is 43.8. The van der Waals surface area contributed by atoms with E-state index < -0.39 is 39.5 Å². The molecule has 1 aliphatic rings. The number of rotatable bonds is 12. The van der Waals surface area contributed by atoms with Crippen LogP contribution in [-0.4, -0.2) is 65.0 Å². The monoisotopic (exact) mass is 720 g/mol. The number of nitrogens with zero attached hydrogens (tertiary/aromatic N) is 4. The molecule has 0 amide bonds. The Morgan fingerprint density at radius 1 is 0.960 bits per heavy atom. The first-order valence-corrected chi connectivity index (χ1v) is 19.1. The minimum Gasteiger partial charge on any atom is -0.300 e. The quantitative estimate of drug-likeness (QED) is 0.167. The summed E-state index contributed by atoms with van der Waals surface area (Å²) in [6.07, 6.45) is 3.34. The van der Waals surface area contributed by atoms with Crippen molar-refractivity contribution in [1.82, 2.24) is 18.3 Å². The highest BCUT2D eigenvalue weighted by Crippen LogP contribution is 2.38. The molecule has 0 spiro atoms. The summed E-state index contributed by atoms with van der Waals surface area (Å²) in [7, 11) is -1.56. The van der Waals surface area contributed by atoms with Crippen LogP contribution in [0.2, 0.25) is 0 Å². The third-order valence-corrected chi connectivity index (χ3v) is 11.8. The van der Waals surface area contributed by atoms with Crippen molar-refractivity contribution in [2.24, 2.45) is 0 Å². The molecule has 50 heavy (non-hydrogen) atoms. The molecule has 1 fully saturated rings. The molecule has 1 atom stereocenters. The number of carbonyl (C=O) groups excluding carboxylic acids is 1. The average Bonchev–Trinajstić information content (AvgIpc) is 3.70. The molecule has 0 bridgehead atoms. The molecule has 5 aromatic rings. The second-order valence-corrected chi connectivity index (χ2v) is 15.7. The van der Waals surface area contributed by atoms with Crippen molar-refractivity contribution in [3.8, 4) is 16.1 Å². The summed E-state index contributed by atoms with van der Waals surface area (Å²) in [6.45, 7) is 2.41. The second kappa shape index (κ2) is 14.5. The van der Waals surface area contributed by atoms with E-state index in [1.54, 1.807) is 30.3 Å². The highest BCUT2D eigenvalue weighted by Gasteiger charge is 2.33. The smallest absolute Gasteiger partial charge is 0.300 e. The molecule has 3 heterocycles. The Balaban J connectivity index is 1.57. The van der Waals surface area contributed by atoms with Crippen molar-refractivity contribution in [3.63, 3.8) is 0 Å². The summed E-state index contributed by atoms with van der Waals surface area (Å²) in [5.41, 5.74) is 0.854. The predicted octanol–water partition coefficient (Wildman–Crippen LogP) is 5.58. The van der Waals surface area contributed by atoms with Gasteiger partial charge in [-0.2, -0.15) is 4.31 Å². The molecule has 2 aromatic heterocycles. The van der Waals surface area contributed by atoms with Gasteiger partial charge in [-0.15, -0.1) is 11.3 Å². The van der Waals surface area contributed by atoms with Crippen LogP contribution in [0.1, 0.15) is 42.9 Å². The first kappa shape index (κ1) is 35.5. The lowest BCUT2D eigenvalue weighted by Gasteiger charge is -2.27. The fourth-order valence-corrected chi connectivity index (χ4v) is 9.16. The summed E-state index contributed by atoms with van der Waals surface area (Å²) in [6, 6.07) is 19.1. The van der Waals surface area contributed by atoms with Crippen LogP contribution in [0.4, 0.5) is 8.78 Å². The summed E-state index contributed by atoms with van der Waals surface area (Å²) in [5.74, 6) is -1.53. The summed E-state index contributed by atoms with van der Waals surface area (Å²) >= 11 is 1.19. The number of benzene rings is 3. The molecule has 0 saturated carbocycles. The molecule has 3 aromatic carbocycles. The maximum Gasteiger partial charge on any atom is 0.337 e. The van der Waals surface area contributed by atoms with Gasteiger partial charge in [-0.25, -0.2) is 26.6 Å². The summed E-state index contributed by atoms with van der Waals surface area (Å²) in [5, 5.41) is 0.230. The van der Waals surface area contributed by atoms with Crippen molar-refractivity contribution in [2.75, 3.05) is 26.4 Å². The van der Waals surface area contributed by atoms with Crippen molar-refractivity contribution >= 4 is 37.4 Å². The van der Waals surface area contributed by atoms with Crippen molar-refractivity contribution in [1.29, 1.82) is 0 Å². The van der Waals surface area contributed by atoms with E-state index in [1.165, 1.54) is 32.5 Å². The first-order valence-electron chi connectivity index (χ1n) is 16.4. The van der Waals surface area contributed by atoms with Gasteiger partial charge in [0.2, 0.25) is 10.0 Å². The van der Waals surface area contributed by atoms with Crippen LogP contribution in [0.3, 0.4) is 0 Å². The number of hydrogen-bond acceptors (Lipinski definition) is 7. The lowest BCUT2D eigenvalue weighted by atomic mass is 10.0. The largest absolute Gasteiger partial charge is 0.337 e. The van der Waals surface area contributed by atoms with Crippen LogP contribution in [0.5, 0.6) is 0 Å². The Kier molecular flexibility index (Phi) is 10.3. The minimum atomic E-state index is -3.42. The Morgan fingerprint density at radius 3 is 2.28 bits per heavy atom. The van der Waals surface area contributed by atoms with Crippen molar-refractivity contribution < 1.29 is 22.0 Å². The Bertz CT molecular complexity index is 2260. The van der Waals surface area contributed by atoms with Gasteiger partial charge >= 0.3 is 5.69 Å². The van der Waals surface area contributed by atoms with E-state index in [4.69, 9.17) is 0 Å². The topological polar surface area (TPSA) is 102 Å². The van der Waals surface area contributed by atoms with E-state index in [1.807, 2.05) is 43.1 Å². The number of carbonyl (C=O) groups is 1. The van der Waals surface area contributed by atoms with Gasteiger partial charge in [0.15, 0.2) is 0 Å². The van der Waals surface area contributed by atoms with Crippen LogP contribution in [0.25, 0.3) is 26.3 Å². The zero-order valence-electron chi connectivity index (χ0n) is 28.1. The zero-order valence-corrected chi connectivity index (χ0v) is 29.7. The normalized spacial score (nSPS) is 15.4. The third kappa shape index (κ3) is 7.13. The van der Waals surface area contributed by atoms with Gasteiger partial charge < -0.3 is 4.90 Å². The van der Waals surface area contributed by atoms with Gasteiger partial charge in [-0.3, -0.25) is 14.2 Å². The van der Waals surface area contributed by atoms with E-state index in [0.29, 0.717) is 42.1 Å². The molecule has 1 aliphatic heterocycles. The van der Waals surface area contributed by atoms with E-state index in [-0.39, 0.29) is 40.6 Å². The molecule has 0 unspecified atom stereocenters. The van der Waals surface area contributed by atoms with E-state index >= 15 is 8.78 Å². The van der Waals surface area contributed by atoms with Gasteiger partial charge in [0, 0.05) is 49.0 Å². The molecule has 13 heteroatoms. The van der Waals surface area contributed by atoms with E-state index in [0.717, 1.165) is 34.2 Å². The number of thiophene rings is 1. The van der Waals surface area contributed by atoms with Gasteiger partial charge in [0.1, 0.15) is 22.2 Å². The van der Waals surface area contributed by atoms with Gasteiger partial charge in [0.05, 0.1) is 23.9 Å². The highest BCUT2D eigenvalue weighted by molar-refractivity contribution is 7.88. The highest BCUT2D eigenvalue weighted by atomic mass is 32.2. The molecule has 9 nitrogen and oxygen atoms in total. The molecule has 1 saturated heterocycles. The Labute approximate surface area is 293 Å². The van der Waals surface area contributed by atoms with Crippen LogP contribution in [0.15, 0.2) is 82.4 Å². The predicted molar refractivity (Wildman–Crippen MR) is 192 cm³/mol. The molecular formula is C37H38F2N4O5S2. The summed E-state index contributed by atoms with van der Waals surface area (Å²) < 4.78 is 58.9. The number of likely N-dealkylation sites (N-methyl/N-ethyl adjacent to an activating group) is 1. The van der Waals surface area contributed by atoms with Crippen LogP contribution < -0.4 is 11.2 Å². The molecule has 0 N–H and O–H groups in total. The third-order valence-electron chi connectivity index (χ3n) is 9.18. The van der Waals surface area contributed by atoms with Crippen molar-refractivity contribution in [3.05, 3.63) is 122 Å². The number of ketones is 1. The SMILES string of the molecule is CCC(=O)Cc1ccc(-c2sc3c(c2CN(C)C[C@@H]2CCCN2S(C)(=O)=O)c(=O)n(-c2ccccc2)c(=O)n3Cc2c(F)cccc2F)cc1. The number of para-hydroxylation sites is 1. The molecule has 262 valence electrons. The maximum absolute atomic E-state index is 15.1. The van der Waals surface area contributed by atoms with E-state index in [2.05, 4.69) is 0 Å². The maximum atomic E-state index is 15.1. The lowest BCUT2D eigenvalue weighted by molar-refractivity contribution is -0.118. The number of hydrogen-bond donors (Lipinski definition) is 0. The molecule has 0 aliphatic carbocycles. The van der Waals surface area contributed by atoms with Crippen LogP contribution in [-0.2, 0) is 34.3 Å². The Hall–Kier alpha value is -4.30. The standard InChI is InChI=1S/C37H38F2N4O5S2/c1-4-28(44)20-24-15-17-25(18-16-24)34-30(22-40(2)21-27-12-9-19-42(27)50(3,47)48)33-35(45)43(26-10-6-5-7-11-26)37(46)41(36(33)49-34)23-29-31(38)13-8-14-32(29)39/h5-8,10-11,13-18,27H,4,9,12,19-23H2,1-3H3/t27-/m0/s1. The lowest BCUT2D eigenvalue weighted by Crippen LogP contribution is -2.41. The Morgan fingerprint density at radius 2 is 1.64 bits per heavy atom. The number of Topliss-reactive ketones (excluding diaryl/α,β-unsaturated/α-hetero) is 1. The van der Waals surface area contributed by atoms with Crippen LogP contribution >= 0.6 is 11.3 Å². The van der Waals surface area contributed by atoms with Gasteiger partial charge in [-0.1, -0.05) is 55.5 Å². The zero-order chi connectivity index (χ0) is 35.7. The first-order chi connectivity index (χ1) is 23.9. The number of sulfonamides is 1. The van der Waals surface area contributed by atoms with Crippen molar-refractivity contribution in [2.45, 2.75) is 51.7 Å². The molecule has 0 radical (unpaired) electrons. The average molecular weight is 721 g/mol. The van der Waals surface area contributed by atoms with E-state index in [9.17, 15) is 22.8 Å². The fourth-order valence-electron chi connectivity index (χ4n) is 6.69. The number of fused-ring (bicyclic) bond motifs is 1. The number of halogens is 2. The van der Waals surface area contributed by atoms with Crippen LogP contribution in [0, 0.1) is 11.6 Å². The minimum absolute atomic E-state index is 0.0998. The molecule has 6 rings (SSSR count).